The molecule has 2 aromatic carbocycles. The van der Waals surface area contributed by atoms with E-state index >= 15 is 0 Å². The molecular weight excluding hydrogens is 425 g/mol. The van der Waals surface area contributed by atoms with Crippen LogP contribution in [0.3, 0.4) is 0 Å². The molecular formula is C20H28IN3O. The predicted molar refractivity (Wildman–Crippen MR) is 117 cm³/mol. The molecule has 0 spiro atoms. The van der Waals surface area contributed by atoms with Crippen LogP contribution >= 0.6 is 24.0 Å². The molecule has 0 unspecified atom stereocenters. The van der Waals surface area contributed by atoms with Gasteiger partial charge in [-0.3, -0.25) is 4.99 Å². The standard InChI is InChI=1S/C20H27N3O.HI/c1-2-17-9-11-19(12-10-17)23-20(21)22-14-6-15-24-16-13-18-7-4-3-5-8-18;/h3-5,7-12H,2,6,13-16H2,1H3,(H3,21,22,23);1H. The number of anilines is 1. The first kappa shape index (κ1) is 21.4. The van der Waals surface area contributed by atoms with Gasteiger partial charge in [0.15, 0.2) is 5.96 Å². The summed E-state index contributed by atoms with van der Waals surface area (Å²) in [4.78, 5) is 4.32. The number of aliphatic imine (C=N–C) groups is 1. The van der Waals surface area contributed by atoms with Crippen LogP contribution < -0.4 is 11.1 Å². The zero-order valence-corrected chi connectivity index (χ0v) is 17.1. The number of hydrogen-bond donors (Lipinski definition) is 2. The van der Waals surface area contributed by atoms with E-state index in [1.807, 2.05) is 18.2 Å². The fourth-order valence-corrected chi connectivity index (χ4v) is 2.31. The summed E-state index contributed by atoms with van der Waals surface area (Å²) in [5.74, 6) is 0.448. The Morgan fingerprint density at radius 3 is 2.40 bits per heavy atom. The fourth-order valence-electron chi connectivity index (χ4n) is 2.31. The van der Waals surface area contributed by atoms with Gasteiger partial charge in [0.2, 0.25) is 0 Å². The van der Waals surface area contributed by atoms with Crippen LogP contribution in [0.25, 0.3) is 0 Å². The lowest BCUT2D eigenvalue weighted by Crippen LogP contribution is -2.23. The Labute approximate surface area is 167 Å². The van der Waals surface area contributed by atoms with Crippen LogP contribution in [0.5, 0.6) is 0 Å². The molecule has 0 radical (unpaired) electrons. The number of halogens is 1. The van der Waals surface area contributed by atoms with E-state index in [0.717, 1.165) is 31.6 Å². The van der Waals surface area contributed by atoms with Crippen molar-refractivity contribution in [2.75, 3.05) is 25.1 Å². The molecule has 0 saturated carbocycles. The van der Waals surface area contributed by atoms with Gasteiger partial charge in [-0.2, -0.15) is 0 Å². The summed E-state index contributed by atoms with van der Waals surface area (Å²) >= 11 is 0. The zero-order chi connectivity index (χ0) is 17.0. The van der Waals surface area contributed by atoms with Gasteiger partial charge < -0.3 is 15.8 Å². The Bertz CT molecular complexity index is 615. The number of rotatable bonds is 9. The fraction of sp³-hybridized carbons (Fsp3) is 0.350. The highest BCUT2D eigenvalue weighted by atomic mass is 127. The second kappa shape index (κ2) is 12.7. The summed E-state index contributed by atoms with van der Waals surface area (Å²) in [6.07, 6.45) is 2.85. The van der Waals surface area contributed by atoms with E-state index in [1.54, 1.807) is 0 Å². The molecule has 0 aliphatic rings. The van der Waals surface area contributed by atoms with E-state index in [2.05, 4.69) is 53.6 Å². The number of nitrogens with two attached hydrogens (primary N) is 1. The van der Waals surface area contributed by atoms with Crippen molar-refractivity contribution >= 4 is 35.6 Å². The summed E-state index contributed by atoms with van der Waals surface area (Å²) in [5, 5.41) is 3.10. The van der Waals surface area contributed by atoms with E-state index < -0.39 is 0 Å². The summed E-state index contributed by atoms with van der Waals surface area (Å²) in [5.41, 5.74) is 9.47. The molecule has 25 heavy (non-hydrogen) atoms. The minimum atomic E-state index is 0. The Balaban J connectivity index is 0.00000312. The third-order valence-corrected chi connectivity index (χ3v) is 3.74. The Morgan fingerprint density at radius 2 is 1.72 bits per heavy atom. The summed E-state index contributed by atoms with van der Waals surface area (Å²) in [6, 6.07) is 18.6. The van der Waals surface area contributed by atoms with E-state index in [4.69, 9.17) is 10.5 Å². The van der Waals surface area contributed by atoms with Crippen molar-refractivity contribution < 1.29 is 4.74 Å². The van der Waals surface area contributed by atoms with Crippen molar-refractivity contribution in [1.82, 2.24) is 0 Å². The first-order chi connectivity index (χ1) is 11.8. The maximum Gasteiger partial charge on any atom is 0.193 e. The molecule has 0 aliphatic carbocycles. The van der Waals surface area contributed by atoms with Gasteiger partial charge in [0.25, 0.3) is 0 Å². The van der Waals surface area contributed by atoms with Crippen molar-refractivity contribution in [2.24, 2.45) is 10.7 Å². The monoisotopic (exact) mass is 453 g/mol. The normalized spacial score (nSPS) is 11.0. The summed E-state index contributed by atoms with van der Waals surface area (Å²) in [7, 11) is 0. The van der Waals surface area contributed by atoms with Crippen LogP contribution in [0.15, 0.2) is 59.6 Å². The second-order valence-electron chi connectivity index (χ2n) is 5.64. The lowest BCUT2D eigenvalue weighted by Gasteiger charge is -2.07. The molecule has 136 valence electrons. The smallest absolute Gasteiger partial charge is 0.193 e. The van der Waals surface area contributed by atoms with Gasteiger partial charge in [0.05, 0.1) is 6.61 Å². The van der Waals surface area contributed by atoms with Crippen LogP contribution in [0.1, 0.15) is 24.5 Å². The number of nitrogens with zero attached hydrogens (tertiary/aromatic N) is 1. The van der Waals surface area contributed by atoms with E-state index in [9.17, 15) is 0 Å². The quantitative estimate of drug-likeness (QED) is 0.259. The molecule has 0 amide bonds. The highest BCUT2D eigenvalue weighted by Gasteiger charge is 1.96. The van der Waals surface area contributed by atoms with Gasteiger partial charge in [0.1, 0.15) is 0 Å². The molecule has 5 heteroatoms. The topological polar surface area (TPSA) is 59.6 Å². The van der Waals surface area contributed by atoms with E-state index in [0.29, 0.717) is 19.1 Å². The van der Waals surface area contributed by atoms with Crippen LogP contribution in [-0.2, 0) is 17.6 Å². The van der Waals surface area contributed by atoms with Gasteiger partial charge in [-0.15, -0.1) is 24.0 Å². The number of benzene rings is 2. The molecule has 0 fully saturated rings. The second-order valence-corrected chi connectivity index (χ2v) is 5.64. The average molecular weight is 453 g/mol. The van der Waals surface area contributed by atoms with Gasteiger partial charge in [-0.25, -0.2) is 0 Å². The number of aryl methyl sites for hydroxylation is 1. The van der Waals surface area contributed by atoms with Crippen LogP contribution in [-0.4, -0.2) is 25.7 Å². The van der Waals surface area contributed by atoms with Crippen LogP contribution in [0, 0.1) is 0 Å². The van der Waals surface area contributed by atoms with Crippen LogP contribution in [0.2, 0.25) is 0 Å². The molecule has 4 nitrogen and oxygen atoms in total. The molecule has 0 bridgehead atoms. The van der Waals surface area contributed by atoms with Gasteiger partial charge in [-0.1, -0.05) is 49.4 Å². The molecule has 0 saturated heterocycles. The minimum Gasteiger partial charge on any atom is -0.381 e. The lowest BCUT2D eigenvalue weighted by molar-refractivity contribution is 0.136. The maximum absolute atomic E-state index is 5.89. The Morgan fingerprint density at radius 1 is 1.00 bits per heavy atom. The third-order valence-electron chi connectivity index (χ3n) is 3.74. The number of ether oxygens (including phenoxy) is 1. The highest BCUT2D eigenvalue weighted by molar-refractivity contribution is 14.0. The largest absolute Gasteiger partial charge is 0.381 e. The average Bonchev–Trinajstić information content (AvgIpc) is 2.62. The highest BCUT2D eigenvalue weighted by Crippen LogP contribution is 2.09. The first-order valence-corrected chi connectivity index (χ1v) is 8.55. The molecule has 2 rings (SSSR count). The predicted octanol–water partition coefficient (Wildman–Crippen LogP) is 4.24. The van der Waals surface area contributed by atoms with Crippen molar-refractivity contribution in [3.05, 3.63) is 65.7 Å². The van der Waals surface area contributed by atoms with Gasteiger partial charge in [0, 0.05) is 18.8 Å². The minimum absolute atomic E-state index is 0. The van der Waals surface area contributed by atoms with Crippen LogP contribution in [0.4, 0.5) is 5.69 Å². The number of guanidine groups is 1. The van der Waals surface area contributed by atoms with Crippen molar-refractivity contribution in [2.45, 2.75) is 26.2 Å². The number of nitrogens with one attached hydrogen (secondary N) is 1. The Hall–Kier alpha value is -1.60. The first-order valence-electron chi connectivity index (χ1n) is 8.55. The van der Waals surface area contributed by atoms with E-state index in [-0.39, 0.29) is 24.0 Å². The molecule has 3 N–H and O–H groups in total. The lowest BCUT2D eigenvalue weighted by atomic mass is 10.1. The molecule has 0 aliphatic heterocycles. The SMILES string of the molecule is CCc1ccc(NC(N)=NCCCOCCc2ccccc2)cc1.I. The van der Waals surface area contributed by atoms with Gasteiger partial charge in [-0.05, 0) is 42.5 Å². The number of hydrogen-bond acceptors (Lipinski definition) is 2. The molecule has 2 aromatic rings. The van der Waals surface area contributed by atoms with Gasteiger partial charge >= 0.3 is 0 Å². The maximum atomic E-state index is 5.89. The van der Waals surface area contributed by atoms with Crippen molar-refractivity contribution in [3.63, 3.8) is 0 Å². The Kier molecular flexibility index (Phi) is 10.9. The zero-order valence-electron chi connectivity index (χ0n) is 14.8. The molecule has 0 heterocycles. The molecule has 0 atom stereocenters. The summed E-state index contributed by atoms with van der Waals surface area (Å²) in [6.45, 7) is 4.25. The van der Waals surface area contributed by atoms with Crippen molar-refractivity contribution in [1.29, 1.82) is 0 Å². The summed E-state index contributed by atoms with van der Waals surface area (Å²) < 4.78 is 5.63. The van der Waals surface area contributed by atoms with Crippen molar-refractivity contribution in [3.8, 4) is 0 Å². The third kappa shape index (κ3) is 8.88. The van der Waals surface area contributed by atoms with E-state index in [1.165, 1.54) is 11.1 Å². The molecule has 0 aromatic heterocycles.